The Kier molecular flexibility index (Phi) is 8.75. The minimum absolute atomic E-state index is 0.0228. The molecule has 1 fully saturated rings. The van der Waals surface area contributed by atoms with Crippen LogP contribution in [-0.2, 0) is 0 Å². The molecule has 0 spiro atoms. The van der Waals surface area contributed by atoms with Gasteiger partial charge in [0.25, 0.3) is 0 Å². The summed E-state index contributed by atoms with van der Waals surface area (Å²) in [5.74, 6) is -0.999. The second-order valence-corrected chi connectivity index (χ2v) is 9.51. The molecular weight excluding hydrogens is 423 g/mol. The van der Waals surface area contributed by atoms with Crippen LogP contribution in [0.4, 0.5) is 13.2 Å². The highest BCUT2D eigenvalue weighted by atomic mass is 19.4. The molecule has 1 aliphatic rings. The number of ketones is 1. The minimum Gasteiger partial charge on any atom is -0.293 e. The zero-order valence-corrected chi connectivity index (χ0v) is 19.9. The maximum atomic E-state index is 13.1. The van der Waals surface area contributed by atoms with Crippen LogP contribution in [0.15, 0.2) is 54.6 Å². The molecule has 1 saturated carbocycles. The van der Waals surface area contributed by atoms with Crippen molar-refractivity contribution in [1.82, 2.24) is 4.90 Å². The molecule has 0 heterocycles. The Balaban J connectivity index is 1.68. The van der Waals surface area contributed by atoms with Crippen molar-refractivity contribution in [2.75, 3.05) is 6.54 Å². The van der Waals surface area contributed by atoms with Crippen LogP contribution in [0.1, 0.15) is 92.6 Å². The Morgan fingerprint density at radius 2 is 1.64 bits per heavy atom. The highest BCUT2D eigenvalue weighted by Crippen LogP contribution is 2.35. The van der Waals surface area contributed by atoms with E-state index in [1.165, 1.54) is 24.1 Å². The van der Waals surface area contributed by atoms with E-state index >= 15 is 0 Å². The summed E-state index contributed by atoms with van der Waals surface area (Å²) >= 11 is 0. The maximum Gasteiger partial charge on any atom is 0.395 e. The number of halogens is 3. The number of hydrogen-bond acceptors (Lipinski definition) is 2. The van der Waals surface area contributed by atoms with Crippen molar-refractivity contribution in [3.63, 3.8) is 0 Å². The molecule has 33 heavy (non-hydrogen) atoms. The molecule has 0 saturated heterocycles. The van der Waals surface area contributed by atoms with Crippen LogP contribution in [0, 0.1) is 0 Å². The van der Waals surface area contributed by atoms with E-state index in [4.69, 9.17) is 0 Å². The fourth-order valence-corrected chi connectivity index (χ4v) is 4.96. The van der Waals surface area contributed by atoms with Crippen molar-refractivity contribution in [3.05, 3.63) is 71.3 Å². The summed E-state index contributed by atoms with van der Waals surface area (Å²) in [5.41, 5.74) is 2.07. The van der Waals surface area contributed by atoms with Gasteiger partial charge in [-0.1, -0.05) is 67.9 Å². The van der Waals surface area contributed by atoms with Gasteiger partial charge in [-0.05, 0) is 63.0 Å². The molecule has 4 atom stereocenters. The normalized spacial score (nSPS) is 21.4. The van der Waals surface area contributed by atoms with Crippen molar-refractivity contribution in [1.29, 1.82) is 0 Å². The van der Waals surface area contributed by atoms with E-state index < -0.39 is 12.1 Å². The van der Waals surface area contributed by atoms with Crippen molar-refractivity contribution in [3.8, 4) is 0 Å². The van der Waals surface area contributed by atoms with Crippen LogP contribution in [-0.4, -0.2) is 35.5 Å². The molecule has 2 aromatic carbocycles. The fraction of sp³-hybridized carbons (Fsp3) is 0.536. The van der Waals surface area contributed by atoms with Crippen LogP contribution in [0.3, 0.4) is 0 Å². The van der Waals surface area contributed by atoms with E-state index in [0.29, 0.717) is 24.1 Å². The topological polar surface area (TPSA) is 20.3 Å². The molecule has 5 heteroatoms. The highest BCUT2D eigenvalue weighted by molar-refractivity contribution is 5.97. The predicted octanol–water partition coefficient (Wildman–Crippen LogP) is 7.75. The Bertz CT molecular complexity index is 878. The van der Waals surface area contributed by atoms with Gasteiger partial charge in [0.05, 0.1) is 12.5 Å². The average molecular weight is 460 g/mol. The van der Waals surface area contributed by atoms with Crippen molar-refractivity contribution in [2.45, 2.75) is 89.4 Å². The summed E-state index contributed by atoms with van der Waals surface area (Å²) < 4.78 is 39.0. The van der Waals surface area contributed by atoms with Gasteiger partial charge in [-0.25, -0.2) is 0 Å². The van der Waals surface area contributed by atoms with Gasteiger partial charge in [-0.3, -0.25) is 9.69 Å². The molecule has 3 rings (SSSR count). The molecular formula is C28H36F3NO. The maximum absolute atomic E-state index is 13.1. The quantitative estimate of drug-likeness (QED) is 0.297. The number of alkyl halides is 3. The molecule has 0 N–H and O–H groups in total. The van der Waals surface area contributed by atoms with Gasteiger partial charge in [0.15, 0.2) is 5.78 Å². The van der Waals surface area contributed by atoms with Gasteiger partial charge in [-0.15, -0.1) is 0 Å². The lowest BCUT2D eigenvalue weighted by molar-refractivity contribution is -0.146. The van der Waals surface area contributed by atoms with Crippen molar-refractivity contribution >= 4 is 5.78 Å². The SMILES string of the molecule is CCC(C)N(CC(=O)c1ccc(C(C)C(F)(F)F)cc1)C1CCC[C@H](c2ccccc2)CC1. The second-order valence-electron chi connectivity index (χ2n) is 9.51. The first-order chi connectivity index (χ1) is 15.7. The number of carbonyl (C=O) groups excluding carboxylic acids is 1. The molecule has 0 aromatic heterocycles. The summed E-state index contributed by atoms with van der Waals surface area (Å²) in [6, 6.07) is 17.3. The standard InChI is InChI=1S/C28H36F3NO/c1-4-20(2)32(26-12-8-11-24(17-18-26)23-9-6-5-7-10-23)19-27(33)25-15-13-22(14-16-25)21(3)28(29,30)31/h5-7,9-10,13-16,20-21,24,26H,4,8,11-12,17-19H2,1-3H3/t20?,21?,24-,26?/m0/s1. The molecule has 0 radical (unpaired) electrons. The van der Waals surface area contributed by atoms with Gasteiger partial charge in [-0.2, -0.15) is 13.2 Å². The van der Waals surface area contributed by atoms with Crippen LogP contribution in [0.5, 0.6) is 0 Å². The molecule has 180 valence electrons. The lowest BCUT2D eigenvalue weighted by Crippen LogP contribution is -2.44. The zero-order chi connectivity index (χ0) is 24.0. The fourth-order valence-electron chi connectivity index (χ4n) is 4.96. The molecule has 2 aromatic rings. The van der Waals surface area contributed by atoms with Gasteiger partial charge in [0.1, 0.15) is 0 Å². The number of hydrogen-bond donors (Lipinski definition) is 0. The van der Waals surface area contributed by atoms with Crippen molar-refractivity contribution in [2.24, 2.45) is 0 Å². The summed E-state index contributed by atoms with van der Waals surface area (Å²) in [6.45, 7) is 5.76. The molecule has 0 amide bonds. The summed E-state index contributed by atoms with van der Waals surface area (Å²) in [5, 5.41) is 0. The van der Waals surface area contributed by atoms with E-state index in [1.807, 2.05) is 0 Å². The first-order valence-electron chi connectivity index (χ1n) is 12.2. The van der Waals surface area contributed by atoms with E-state index in [1.54, 1.807) is 12.1 Å². The third kappa shape index (κ3) is 6.69. The smallest absolute Gasteiger partial charge is 0.293 e. The number of rotatable bonds is 8. The third-order valence-corrected chi connectivity index (χ3v) is 7.39. The van der Waals surface area contributed by atoms with Gasteiger partial charge >= 0.3 is 6.18 Å². The third-order valence-electron chi connectivity index (χ3n) is 7.39. The number of carbonyl (C=O) groups is 1. The predicted molar refractivity (Wildman–Crippen MR) is 128 cm³/mol. The Labute approximate surface area is 196 Å². The van der Waals surface area contributed by atoms with E-state index in [9.17, 15) is 18.0 Å². The number of Topliss-reactive ketones (excluding diaryl/α,β-unsaturated/α-hetero) is 1. The minimum atomic E-state index is -4.28. The first-order valence-corrected chi connectivity index (χ1v) is 12.2. The molecule has 0 aliphatic heterocycles. The molecule has 2 nitrogen and oxygen atoms in total. The highest BCUT2D eigenvalue weighted by Gasteiger charge is 2.37. The number of benzene rings is 2. The van der Waals surface area contributed by atoms with E-state index in [-0.39, 0.29) is 17.4 Å². The van der Waals surface area contributed by atoms with Crippen molar-refractivity contribution < 1.29 is 18.0 Å². The lowest BCUT2D eigenvalue weighted by atomic mass is 9.92. The van der Waals surface area contributed by atoms with E-state index in [0.717, 1.165) is 39.0 Å². The van der Waals surface area contributed by atoms with Gasteiger partial charge < -0.3 is 0 Å². The monoisotopic (exact) mass is 459 g/mol. The first kappa shape index (κ1) is 25.5. The van der Waals surface area contributed by atoms with Gasteiger partial charge in [0, 0.05) is 17.6 Å². The molecule has 3 unspecified atom stereocenters. The summed E-state index contributed by atoms with van der Waals surface area (Å²) in [7, 11) is 0. The Morgan fingerprint density at radius 1 is 0.970 bits per heavy atom. The Hall–Kier alpha value is -2.14. The summed E-state index contributed by atoms with van der Waals surface area (Å²) in [6.07, 6.45) is 2.21. The van der Waals surface area contributed by atoms with Crippen LogP contribution in [0.25, 0.3) is 0 Å². The summed E-state index contributed by atoms with van der Waals surface area (Å²) in [4.78, 5) is 15.4. The van der Waals surface area contributed by atoms with Gasteiger partial charge in [0.2, 0.25) is 0 Å². The molecule has 1 aliphatic carbocycles. The Morgan fingerprint density at radius 3 is 2.24 bits per heavy atom. The largest absolute Gasteiger partial charge is 0.395 e. The van der Waals surface area contributed by atoms with Crippen LogP contribution >= 0.6 is 0 Å². The second kappa shape index (κ2) is 11.3. The van der Waals surface area contributed by atoms with E-state index in [2.05, 4.69) is 49.1 Å². The number of nitrogens with zero attached hydrogens (tertiary/aromatic N) is 1. The van der Waals surface area contributed by atoms with Crippen LogP contribution in [0.2, 0.25) is 0 Å². The van der Waals surface area contributed by atoms with Crippen LogP contribution < -0.4 is 0 Å². The average Bonchev–Trinajstić information content (AvgIpc) is 3.07. The zero-order valence-electron chi connectivity index (χ0n) is 19.9. The molecule has 0 bridgehead atoms. The lowest BCUT2D eigenvalue weighted by Gasteiger charge is -2.35.